The molecule has 0 aromatic carbocycles. The van der Waals surface area contributed by atoms with Gasteiger partial charge in [-0.1, -0.05) is 20.3 Å². The zero-order chi connectivity index (χ0) is 18.6. The molecule has 1 aliphatic rings. The Morgan fingerprint density at radius 1 is 1.40 bits per heavy atom. The standard InChI is InChI=1S/C20H33N3O2/c1-6-7-15-13(2)10-14(16-8-9-22-12-17(16)21)11-18(15)23-19(24)25-20(3,4)5/h8-9,12-15,18H,6-7,10-11,21H2,1-5H3,(H,23,24). The topological polar surface area (TPSA) is 77.2 Å². The lowest BCUT2D eigenvalue weighted by Gasteiger charge is -2.41. The van der Waals surface area contributed by atoms with Gasteiger partial charge in [0.25, 0.3) is 0 Å². The Balaban J connectivity index is 2.17. The van der Waals surface area contributed by atoms with Gasteiger partial charge >= 0.3 is 6.09 Å². The van der Waals surface area contributed by atoms with Crippen molar-refractivity contribution in [3.63, 3.8) is 0 Å². The summed E-state index contributed by atoms with van der Waals surface area (Å²) in [6, 6.07) is 2.12. The molecule has 0 saturated heterocycles. The van der Waals surface area contributed by atoms with E-state index in [-0.39, 0.29) is 12.1 Å². The van der Waals surface area contributed by atoms with Crippen LogP contribution in [0.25, 0.3) is 0 Å². The minimum absolute atomic E-state index is 0.108. The first-order valence-corrected chi connectivity index (χ1v) is 9.40. The molecule has 140 valence electrons. The number of nitrogens with zero attached hydrogens (tertiary/aromatic N) is 1. The molecule has 3 N–H and O–H groups in total. The van der Waals surface area contributed by atoms with E-state index in [0.717, 1.165) is 36.9 Å². The highest BCUT2D eigenvalue weighted by Gasteiger charge is 2.37. The van der Waals surface area contributed by atoms with E-state index in [2.05, 4.69) is 24.1 Å². The Kier molecular flexibility index (Phi) is 6.31. The van der Waals surface area contributed by atoms with Crippen molar-refractivity contribution in [2.24, 2.45) is 11.8 Å². The van der Waals surface area contributed by atoms with Crippen molar-refractivity contribution in [3.05, 3.63) is 24.0 Å². The molecule has 1 saturated carbocycles. The summed E-state index contributed by atoms with van der Waals surface area (Å²) in [5.41, 5.74) is 7.55. The number of carbonyl (C=O) groups is 1. The minimum atomic E-state index is -0.487. The van der Waals surface area contributed by atoms with E-state index in [0.29, 0.717) is 17.8 Å². The lowest BCUT2D eigenvalue weighted by molar-refractivity contribution is 0.0433. The molecule has 4 atom stereocenters. The van der Waals surface area contributed by atoms with Crippen LogP contribution in [0.1, 0.15) is 71.8 Å². The summed E-state index contributed by atoms with van der Waals surface area (Å²) in [5, 5.41) is 3.14. The van der Waals surface area contributed by atoms with Gasteiger partial charge in [-0.15, -0.1) is 0 Å². The number of carbonyl (C=O) groups excluding carboxylic acids is 1. The van der Waals surface area contributed by atoms with Crippen LogP contribution in [0.2, 0.25) is 0 Å². The third-order valence-electron chi connectivity index (χ3n) is 5.09. The number of ether oxygens (including phenoxy) is 1. The van der Waals surface area contributed by atoms with Crippen molar-refractivity contribution in [1.82, 2.24) is 10.3 Å². The fourth-order valence-corrected chi connectivity index (χ4v) is 4.08. The van der Waals surface area contributed by atoms with Crippen LogP contribution in [0.4, 0.5) is 10.5 Å². The normalized spacial score (nSPS) is 26.9. The molecule has 1 fully saturated rings. The number of anilines is 1. The average Bonchev–Trinajstić information content (AvgIpc) is 2.49. The number of nitrogens with one attached hydrogen (secondary N) is 1. The van der Waals surface area contributed by atoms with Crippen molar-refractivity contribution in [3.8, 4) is 0 Å². The number of pyridine rings is 1. The zero-order valence-electron chi connectivity index (χ0n) is 16.2. The van der Waals surface area contributed by atoms with Crippen molar-refractivity contribution in [1.29, 1.82) is 0 Å². The molecule has 1 aliphatic carbocycles. The Morgan fingerprint density at radius 2 is 2.12 bits per heavy atom. The summed E-state index contributed by atoms with van der Waals surface area (Å²) in [4.78, 5) is 16.4. The monoisotopic (exact) mass is 347 g/mol. The molecule has 5 heteroatoms. The van der Waals surface area contributed by atoms with E-state index in [1.807, 2.05) is 26.8 Å². The van der Waals surface area contributed by atoms with Gasteiger partial charge in [0, 0.05) is 12.2 Å². The quantitative estimate of drug-likeness (QED) is 0.841. The maximum Gasteiger partial charge on any atom is 0.407 e. The molecule has 1 aromatic heterocycles. The Hall–Kier alpha value is -1.78. The number of aromatic nitrogens is 1. The molecular formula is C20H33N3O2. The Bertz CT molecular complexity index is 583. The highest BCUT2D eigenvalue weighted by atomic mass is 16.6. The molecule has 2 rings (SSSR count). The summed E-state index contributed by atoms with van der Waals surface area (Å²) in [6.07, 6.45) is 7.39. The van der Waals surface area contributed by atoms with Crippen LogP contribution in [0, 0.1) is 11.8 Å². The number of hydrogen-bond acceptors (Lipinski definition) is 4. The van der Waals surface area contributed by atoms with Gasteiger partial charge in [-0.2, -0.15) is 0 Å². The van der Waals surface area contributed by atoms with Crippen LogP contribution < -0.4 is 11.1 Å². The molecule has 25 heavy (non-hydrogen) atoms. The summed E-state index contributed by atoms with van der Waals surface area (Å²) in [7, 11) is 0. The Labute approximate surface area is 151 Å². The van der Waals surface area contributed by atoms with E-state index < -0.39 is 5.60 Å². The van der Waals surface area contributed by atoms with Gasteiger partial charge in [0.2, 0.25) is 0 Å². The molecule has 5 nitrogen and oxygen atoms in total. The molecule has 1 aromatic rings. The van der Waals surface area contributed by atoms with Gasteiger partial charge < -0.3 is 15.8 Å². The number of amides is 1. The SMILES string of the molecule is CCCC1C(C)CC(c2ccncc2N)CC1NC(=O)OC(C)(C)C. The van der Waals surface area contributed by atoms with E-state index in [1.54, 1.807) is 12.4 Å². The fraction of sp³-hybridized carbons (Fsp3) is 0.700. The van der Waals surface area contributed by atoms with Crippen LogP contribution in [-0.4, -0.2) is 22.7 Å². The molecule has 0 aliphatic heterocycles. The third kappa shape index (κ3) is 5.35. The largest absolute Gasteiger partial charge is 0.444 e. The van der Waals surface area contributed by atoms with Gasteiger partial charge in [-0.25, -0.2) is 4.79 Å². The second kappa shape index (κ2) is 8.07. The maximum absolute atomic E-state index is 12.3. The smallest absolute Gasteiger partial charge is 0.407 e. The van der Waals surface area contributed by atoms with Gasteiger partial charge in [-0.05, 0) is 69.4 Å². The second-order valence-electron chi connectivity index (χ2n) is 8.36. The molecular weight excluding hydrogens is 314 g/mol. The molecule has 0 spiro atoms. The Morgan fingerprint density at radius 3 is 2.72 bits per heavy atom. The second-order valence-corrected chi connectivity index (χ2v) is 8.36. The van der Waals surface area contributed by atoms with E-state index >= 15 is 0 Å². The number of hydrogen-bond donors (Lipinski definition) is 2. The van der Waals surface area contributed by atoms with Gasteiger partial charge in [0.15, 0.2) is 0 Å². The average molecular weight is 348 g/mol. The molecule has 1 heterocycles. The molecule has 0 bridgehead atoms. The third-order valence-corrected chi connectivity index (χ3v) is 5.09. The van der Waals surface area contributed by atoms with E-state index in [1.165, 1.54) is 0 Å². The first-order valence-electron chi connectivity index (χ1n) is 9.40. The van der Waals surface area contributed by atoms with Gasteiger partial charge in [0.1, 0.15) is 5.60 Å². The summed E-state index contributed by atoms with van der Waals surface area (Å²) < 4.78 is 5.48. The van der Waals surface area contributed by atoms with E-state index in [4.69, 9.17) is 10.5 Å². The van der Waals surface area contributed by atoms with Crippen molar-refractivity contribution in [2.75, 3.05) is 5.73 Å². The van der Waals surface area contributed by atoms with Gasteiger partial charge in [0.05, 0.1) is 11.9 Å². The van der Waals surface area contributed by atoms with Crippen LogP contribution in [0.3, 0.4) is 0 Å². The predicted molar refractivity (Wildman–Crippen MR) is 101 cm³/mol. The highest BCUT2D eigenvalue weighted by molar-refractivity contribution is 5.68. The lowest BCUT2D eigenvalue weighted by Crippen LogP contribution is -2.48. The summed E-state index contributed by atoms with van der Waals surface area (Å²) >= 11 is 0. The molecule has 0 radical (unpaired) electrons. The minimum Gasteiger partial charge on any atom is -0.444 e. The van der Waals surface area contributed by atoms with Gasteiger partial charge in [-0.3, -0.25) is 4.98 Å². The summed E-state index contributed by atoms with van der Waals surface area (Å²) in [5.74, 6) is 1.33. The van der Waals surface area contributed by atoms with E-state index in [9.17, 15) is 4.79 Å². The van der Waals surface area contributed by atoms with Crippen LogP contribution >= 0.6 is 0 Å². The number of nitrogens with two attached hydrogens (primary N) is 1. The zero-order valence-corrected chi connectivity index (χ0v) is 16.2. The lowest BCUT2D eigenvalue weighted by atomic mass is 9.68. The fourth-order valence-electron chi connectivity index (χ4n) is 4.08. The predicted octanol–water partition coefficient (Wildman–Crippen LogP) is 4.49. The number of rotatable bonds is 4. The summed E-state index contributed by atoms with van der Waals surface area (Å²) in [6.45, 7) is 10.2. The van der Waals surface area contributed by atoms with Crippen LogP contribution in [0.5, 0.6) is 0 Å². The van der Waals surface area contributed by atoms with Crippen LogP contribution in [0.15, 0.2) is 18.5 Å². The van der Waals surface area contributed by atoms with Crippen molar-refractivity contribution < 1.29 is 9.53 Å². The molecule has 4 unspecified atom stereocenters. The van der Waals surface area contributed by atoms with Crippen molar-refractivity contribution in [2.45, 2.75) is 77.9 Å². The molecule has 1 amide bonds. The number of alkyl carbamates (subject to hydrolysis) is 1. The highest BCUT2D eigenvalue weighted by Crippen LogP contribution is 2.42. The maximum atomic E-state index is 12.3. The van der Waals surface area contributed by atoms with Crippen molar-refractivity contribution >= 4 is 11.8 Å². The van der Waals surface area contributed by atoms with Crippen LogP contribution in [-0.2, 0) is 4.74 Å². The first kappa shape index (κ1) is 19.5. The number of nitrogen functional groups attached to an aromatic ring is 1. The first-order chi connectivity index (χ1) is 11.7.